The molecule has 0 atom stereocenters. The van der Waals surface area contributed by atoms with Crippen LogP contribution in [0.1, 0.15) is 25.2 Å². The van der Waals surface area contributed by atoms with E-state index in [1.165, 1.54) is 10.9 Å². The highest BCUT2D eigenvalue weighted by atomic mass is 16.5. The summed E-state index contributed by atoms with van der Waals surface area (Å²) in [7, 11) is 0. The predicted octanol–water partition coefficient (Wildman–Crippen LogP) is 1.80. The van der Waals surface area contributed by atoms with E-state index in [2.05, 4.69) is 9.97 Å². The standard InChI is InChI=1S/C13H11N5O/c1-9(2)19-12-4-3-5-16-13(12)18-8-17-10(6-14)11(18)7-15/h3-5,8-9H,1-2H3. The van der Waals surface area contributed by atoms with Crippen molar-refractivity contribution >= 4 is 0 Å². The molecule has 0 N–H and O–H groups in total. The molecule has 6 heteroatoms. The molecule has 0 radical (unpaired) electrons. The Kier molecular flexibility index (Phi) is 3.44. The lowest BCUT2D eigenvalue weighted by atomic mass is 10.3. The van der Waals surface area contributed by atoms with Gasteiger partial charge in [-0.15, -0.1) is 0 Å². The van der Waals surface area contributed by atoms with Crippen LogP contribution in [0.3, 0.4) is 0 Å². The Balaban J connectivity index is 2.57. The highest BCUT2D eigenvalue weighted by Crippen LogP contribution is 2.23. The summed E-state index contributed by atoms with van der Waals surface area (Å²) in [6.07, 6.45) is 2.97. The number of hydrogen-bond acceptors (Lipinski definition) is 5. The van der Waals surface area contributed by atoms with E-state index < -0.39 is 0 Å². The van der Waals surface area contributed by atoms with E-state index in [4.69, 9.17) is 15.3 Å². The van der Waals surface area contributed by atoms with E-state index in [0.29, 0.717) is 11.6 Å². The average molecular weight is 253 g/mol. The number of nitriles is 2. The lowest BCUT2D eigenvalue weighted by Crippen LogP contribution is -2.10. The highest BCUT2D eigenvalue weighted by molar-refractivity contribution is 5.47. The predicted molar refractivity (Wildman–Crippen MR) is 66.6 cm³/mol. The monoisotopic (exact) mass is 253 g/mol. The van der Waals surface area contributed by atoms with Crippen LogP contribution in [0.4, 0.5) is 0 Å². The van der Waals surface area contributed by atoms with Gasteiger partial charge in [-0.05, 0) is 26.0 Å². The van der Waals surface area contributed by atoms with E-state index in [1.807, 2.05) is 26.0 Å². The van der Waals surface area contributed by atoms with Gasteiger partial charge in [0.25, 0.3) is 0 Å². The lowest BCUT2D eigenvalue weighted by molar-refractivity contribution is 0.241. The van der Waals surface area contributed by atoms with Crippen LogP contribution in [0.5, 0.6) is 5.75 Å². The summed E-state index contributed by atoms with van der Waals surface area (Å²) >= 11 is 0. The van der Waals surface area contributed by atoms with Gasteiger partial charge in [0.1, 0.15) is 18.5 Å². The Bertz CT molecular complexity index is 675. The number of rotatable bonds is 3. The van der Waals surface area contributed by atoms with Crippen LogP contribution in [0, 0.1) is 22.7 Å². The zero-order valence-corrected chi connectivity index (χ0v) is 10.5. The molecule has 2 heterocycles. The molecule has 0 saturated carbocycles. The Hall–Kier alpha value is -2.86. The summed E-state index contributed by atoms with van der Waals surface area (Å²) in [5.74, 6) is 0.984. The van der Waals surface area contributed by atoms with Crippen LogP contribution in [0.2, 0.25) is 0 Å². The van der Waals surface area contributed by atoms with Crippen LogP contribution >= 0.6 is 0 Å². The van der Waals surface area contributed by atoms with Crippen LogP contribution in [0.25, 0.3) is 5.82 Å². The van der Waals surface area contributed by atoms with Gasteiger partial charge in [-0.3, -0.25) is 4.57 Å². The molecule has 0 spiro atoms. The van der Waals surface area contributed by atoms with E-state index >= 15 is 0 Å². The molecular weight excluding hydrogens is 242 g/mol. The summed E-state index contributed by atoms with van der Waals surface area (Å²) < 4.78 is 7.09. The molecule has 94 valence electrons. The van der Waals surface area contributed by atoms with Gasteiger partial charge in [0.05, 0.1) is 6.10 Å². The SMILES string of the molecule is CC(C)Oc1cccnc1-n1cnc(C#N)c1C#N. The van der Waals surface area contributed by atoms with Crippen molar-refractivity contribution in [3.05, 3.63) is 36.0 Å². The minimum atomic E-state index is -0.0209. The number of aromatic nitrogens is 3. The summed E-state index contributed by atoms with van der Waals surface area (Å²) in [6.45, 7) is 3.80. The van der Waals surface area contributed by atoms with E-state index in [0.717, 1.165) is 0 Å². The first-order valence-corrected chi connectivity index (χ1v) is 5.67. The van der Waals surface area contributed by atoms with E-state index in [9.17, 15) is 0 Å². The fourth-order valence-corrected chi connectivity index (χ4v) is 1.61. The minimum Gasteiger partial charge on any atom is -0.487 e. The first-order chi connectivity index (χ1) is 9.17. The third kappa shape index (κ3) is 2.38. The molecule has 2 aromatic heterocycles. The maximum Gasteiger partial charge on any atom is 0.181 e. The lowest BCUT2D eigenvalue weighted by Gasteiger charge is -2.13. The molecular formula is C13H11N5O. The van der Waals surface area contributed by atoms with Crippen LogP contribution in [-0.4, -0.2) is 20.6 Å². The summed E-state index contributed by atoms with van der Waals surface area (Å²) in [6, 6.07) is 7.34. The Morgan fingerprint density at radius 1 is 1.26 bits per heavy atom. The Morgan fingerprint density at radius 2 is 2.05 bits per heavy atom. The number of pyridine rings is 1. The summed E-state index contributed by atoms with van der Waals surface area (Å²) in [5.41, 5.74) is 0.221. The third-order valence-corrected chi connectivity index (χ3v) is 2.32. The Morgan fingerprint density at radius 3 is 2.68 bits per heavy atom. The van der Waals surface area contributed by atoms with Gasteiger partial charge in [0.15, 0.2) is 23.0 Å². The molecule has 19 heavy (non-hydrogen) atoms. The van der Waals surface area contributed by atoms with Crippen molar-refractivity contribution < 1.29 is 4.74 Å². The van der Waals surface area contributed by atoms with Gasteiger partial charge in [0, 0.05) is 6.20 Å². The number of imidazole rings is 1. The van der Waals surface area contributed by atoms with Crippen molar-refractivity contribution in [3.63, 3.8) is 0 Å². The maximum atomic E-state index is 9.12. The van der Waals surface area contributed by atoms with Crippen molar-refractivity contribution in [2.45, 2.75) is 20.0 Å². The normalized spacial score (nSPS) is 9.95. The molecule has 6 nitrogen and oxygen atoms in total. The second kappa shape index (κ2) is 5.19. The molecule has 0 aromatic carbocycles. The van der Waals surface area contributed by atoms with Crippen molar-refractivity contribution in [1.82, 2.24) is 14.5 Å². The fraction of sp³-hybridized carbons (Fsp3) is 0.231. The smallest absolute Gasteiger partial charge is 0.181 e. The summed E-state index contributed by atoms with van der Waals surface area (Å²) in [5, 5.41) is 18.0. The molecule has 0 bridgehead atoms. The largest absolute Gasteiger partial charge is 0.487 e. The van der Waals surface area contributed by atoms with Crippen LogP contribution in [-0.2, 0) is 0 Å². The van der Waals surface area contributed by atoms with Gasteiger partial charge in [-0.2, -0.15) is 10.5 Å². The third-order valence-electron chi connectivity index (χ3n) is 2.32. The van der Waals surface area contributed by atoms with Gasteiger partial charge in [-0.25, -0.2) is 9.97 Å². The van der Waals surface area contributed by atoms with Gasteiger partial charge in [-0.1, -0.05) is 0 Å². The highest BCUT2D eigenvalue weighted by Gasteiger charge is 2.16. The number of ether oxygens (including phenoxy) is 1. The zero-order chi connectivity index (χ0) is 13.8. The first-order valence-electron chi connectivity index (χ1n) is 5.67. The second-order valence-corrected chi connectivity index (χ2v) is 4.03. The van der Waals surface area contributed by atoms with Crippen LogP contribution < -0.4 is 4.74 Å². The van der Waals surface area contributed by atoms with Crippen LogP contribution in [0.15, 0.2) is 24.7 Å². The second-order valence-electron chi connectivity index (χ2n) is 4.03. The molecule has 0 amide bonds. The van der Waals surface area contributed by atoms with E-state index in [-0.39, 0.29) is 17.5 Å². The minimum absolute atomic E-state index is 0.0209. The van der Waals surface area contributed by atoms with Crippen molar-refractivity contribution in [2.75, 3.05) is 0 Å². The number of hydrogen-bond donors (Lipinski definition) is 0. The summed E-state index contributed by atoms with van der Waals surface area (Å²) in [4.78, 5) is 8.08. The molecule has 0 fully saturated rings. The maximum absolute atomic E-state index is 9.12. The number of nitrogens with zero attached hydrogens (tertiary/aromatic N) is 5. The zero-order valence-electron chi connectivity index (χ0n) is 10.5. The molecule has 0 aliphatic heterocycles. The van der Waals surface area contributed by atoms with Crippen molar-refractivity contribution in [3.8, 4) is 23.7 Å². The molecule has 2 aromatic rings. The Labute approximate surface area is 110 Å². The molecule has 0 unspecified atom stereocenters. The van der Waals surface area contributed by atoms with Gasteiger partial charge < -0.3 is 4.74 Å². The van der Waals surface area contributed by atoms with Gasteiger partial charge >= 0.3 is 0 Å². The molecule has 0 aliphatic rings. The fourth-order valence-electron chi connectivity index (χ4n) is 1.61. The molecule has 2 rings (SSSR count). The molecule has 0 aliphatic carbocycles. The van der Waals surface area contributed by atoms with E-state index in [1.54, 1.807) is 18.3 Å². The van der Waals surface area contributed by atoms with Crippen molar-refractivity contribution in [1.29, 1.82) is 10.5 Å². The van der Waals surface area contributed by atoms with Gasteiger partial charge in [0.2, 0.25) is 0 Å². The topological polar surface area (TPSA) is 87.5 Å². The molecule has 0 saturated heterocycles. The quantitative estimate of drug-likeness (QED) is 0.832. The van der Waals surface area contributed by atoms with Crippen molar-refractivity contribution in [2.24, 2.45) is 0 Å². The average Bonchev–Trinajstić information content (AvgIpc) is 2.81. The first kappa shape index (κ1) is 12.6.